The molecule has 1 atom stereocenters. The molecular formula is C22H22N2O4. The molecule has 0 fully saturated rings. The molecule has 1 aliphatic rings. The van der Waals surface area contributed by atoms with Crippen LogP contribution in [0.4, 0.5) is 5.69 Å². The van der Waals surface area contributed by atoms with Gasteiger partial charge in [-0.1, -0.05) is 24.3 Å². The quantitative estimate of drug-likeness (QED) is 0.710. The molecule has 4 rings (SSSR count). The predicted molar refractivity (Wildman–Crippen MR) is 108 cm³/mol. The van der Waals surface area contributed by atoms with Crippen molar-refractivity contribution in [3.8, 4) is 5.75 Å². The summed E-state index contributed by atoms with van der Waals surface area (Å²) >= 11 is 0. The molecule has 0 spiro atoms. The van der Waals surface area contributed by atoms with Crippen LogP contribution < -0.4 is 20.6 Å². The second kappa shape index (κ2) is 7.03. The monoisotopic (exact) mass is 378 g/mol. The van der Waals surface area contributed by atoms with Gasteiger partial charge in [0.15, 0.2) is 6.10 Å². The minimum absolute atomic E-state index is 0.177. The molecule has 1 aliphatic heterocycles. The molecule has 0 radical (unpaired) electrons. The molecule has 0 aliphatic carbocycles. The van der Waals surface area contributed by atoms with Crippen molar-refractivity contribution in [1.29, 1.82) is 0 Å². The van der Waals surface area contributed by atoms with E-state index in [1.807, 2.05) is 50.2 Å². The number of aryl methyl sites for hydroxylation is 2. The summed E-state index contributed by atoms with van der Waals surface area (Å²) in [4.78, 5) is 26.5. The molecule has 0 saturated heterocycles. The summed E-state index contributed by atoms with van der Waals surface area (Å²) in [5, 5.41) is 3.55. The highest BCUT2D eigenvalue weighted by atomic mass is 16.5. The number of fused-ring (bicyclic) bond motifs is 2. The number of carbonyl (C=O) groups excluding carboxylic acids is 1. The molecule has 0 saturated carbocycles. The first kappa shape index (κ1) is 18.1. The molecule has 6 nitrogen and oxygen atoms in total. The molecule has 144 valence electrons. The smallest absolute Gasteiger partial charge is 0.336 e. The Morgan fingerprint density at radius 3 is 2.79 bits per heavy atom. The SMILES string of the molecule is CNC(=O)[C@H]1CN(Cc2cc(=O)oc3c(C)c(C)ccc23)c2ccccc2O1. The zero-order valence-electron chi connectivity index (χ0n) is 16.1. The number of hydrogen-bond donors (Lipinski definition) is 1. The number of benzene rings is 2. The second-order valence-corrected chi connectivity index (χ2v) is 7.04. The van der Waals surface area contributed by atoms with Gasteiger partial charge >= 0.3 is 5.63 Å². The van der Waals surface area contributed by atoms with E-state index in [2.05, 4.69) is 10.2 Å². The fourth-order valence-corrected chi connectivity index (χ4v) is 3.62. The van der Waals surface area contributed by atoms with Crippen molar-refractivity contribution in [2.24, 2.45) is 0 Å². The summed E-state index contributed by atoms with van der Waals surface area (Å²) in [5.74, 6) is 0.477. The maximum absolute atomic E-state index is 12.2. The third-order valence-electron chi connectivity index (χ3n) is 5.28. The van der Waals surface area contributed by atoms with E-state index < -0.39 is 6.10 Å². The summed E-state index contributed by atoms with van der Waals surface area (Å²) in [6.45, 7) is 4.81. The van der Waals surface area contributed by atoms with Crippen molar-refractivity contribution in [3.63, 3.8) is 0 Å². The Bertz CT molecular complexity index is 1120. The van der Waals surface area contributed by atoms with Gasteiger partial charge in [0.1, 0.15) is 11.3 Å². The Hall–Kier alpha value is -3.28. The molecule has 2 aromatic carbocycles. The number of carbonyl (C=O) groups is 1. The standard InChI is InChI=1S/C22H22N2O4/c1-13-8-9-16-15(10-20(25)28-21(16)14(13)2)11-24-12-19(22(26)23-3)27-18-7-5-4-6-17(18)24/h4-10,19H,11-12H2,1-3H3,(H,23,26)/t19-/m1/s1. The molecule has 0 unspecified atom stereocenters. The van der Waals surface area contributed by atoms with Gasteiger partial charge in [-0.3, -0.25) is 4.79 Å². The van der Waals surface area contributed by atoms with E-state index in [1.54, 1.807) is 7.05 Å². The lowest BCUT2D eigenvalue weighted by atomic mass is 10.0. The van der Waals surface area contributed by atoms with Gasteiger partial charge in [0.2, 0.25) is 0 Å². The number of anilines is 1. The van der Waals surface area contributed by atoms with Gasteiger partial charge in [0, 0.05) is 25.0 Å². The fourth-order valence-electron chi connectivity index (χ4n) is 3.62. The first-order valence-corrected chi connectivity index (χ1v) is 9.23. The number of nitrogens with one attached hydrogen (secondary N) is 1. The van der Waals surface area contributed by atoms with E-state index in [9.17, 15) is 9.59 Å². The average molecular weight is 378 g/mol. The minimum atomic E-state index is -0.615. The zero-order valence-corrected chi connectivity index (χ0v) is 16.1. The van der Waals surface area contributed by atoms with E-state index >= 15 is 0 Å². The maximum atomic E-state index is 12.2. The Balaban J connectivity index is 1.79. The predicted octanol–water partition coefficient (Wildman–Crippen LogP) is 2.92. The Morgan fingerprint density at radius 2 is 2.00 bits per heavy atom. The van der Waals surface area contributed by atoms with E-state index in [-0.39, 0.29) is 11.5 Å². The normalized spacial score (nSPS) is 15.8. The number of amides is 1. The first-order valence-electron chi connectivity index (χ1n) is 9.23. The van der Waals surface area contributed by atoms with Gasteiger partial charge in [-0.25, -0.2) is 4.79 Å². The van der Waals surface area contributed by atoms with E-state index in [4.69, 9.17) is 9.15 Å². The zero-order chi connectivity index (χ0) is 19.8. The van der Waals surface area contributed by atoms with E-state index in [0.717, 1.165) is 27.8 Å². The van der Waals surface area contributed by atoms with Gasteiger partial charge in [0.05, 0.1) is 12.2 Å². The van der Waals surface area contributed by atoms with E-state index in [1.165, 1.54) is 6.07 Å². The lowest BCUT2D eigenvalue weighted by Crippen LogP contribution is -2.48. The second-order valence-electron chi connectivity index (χ2n) is 7.04. The number of ether oxygens (including phenoxy) is 1. The van der Waals surface area contributed by atoms with Gasteiger partial charge in [-0.15, -0.1) is 0 Å². The Labute approximate surface area is 162 Å². The van der Waals surface area contributed by atoms with Gasteiger partial charge in [-0.2, -0.15) is 0 Å². The average Bonchev–Trinajstić information content (AvgIpc) is 2.70. The van der Waals surface area contributed by atoms with Crippen LogP contribution in [0.15, 0.2) is 51.7 Å². The highest BCUT2D eigenvalue weighted by molar-refractivity contribution is 5.85. The molecule has 28 heavy (non-hydrogen) atoms. The van der Waals surface area contributed by atoms with Crippen LogP contribution in [0.3, 0.4) is 0 Å². The number of rotatable bonds is 3. The third kappa shape index (κ3) is 3.11. The lowest BCUT2D eigenvalue weighted by Gasteiger charge is -2.35. The molecule has 1 N–H and O–H groups in total. The van der Waals surface area contributed by atoms with Crippen molar-refractivity contribution in [2.75, 3.05) is 18.5 Å². The molecule has 1 aromatic heterocycles. The van der Waals surface area contributed by atoms with Crippen LogP contribution in [0.25, 0.3) is 11.0 Å². The maximum Gasteiger partial charge on any atom is 0.336 e. The first-order chi connectivity index (χ1) is 13.5. The summed E-state index contributed by atoms with van der Waals surface area (Å²) in [6.07, 6.45) is -0.615. The number of hydrogen-bond acceptors (Lipinski definition) is 5. The van der Waals surface area contributed by atoms with Gasteiger partial charge < -0.3 is 19.4 Å². The summed E-state index contributed by atoms with van der Waals surface area (Å²) in [7, 11) is 1.59. The van der Waals surface area contributed by atoms with Crippen LogP contribution in [-0.2, 0) is 11.3 Å². The van der Waals surface area contributed by atoms with Crippen LogP contribution in [0.5, 0.6) is 5.75 Å². The van der Waals surface area contributed by atoms with Crippen LogP contribution in [0, 0.1) is 13.8 Å². The lowest BCUT2D eigenvalue weighted by molar-refractivity contribution is -0.127. The van der Waals surface area contributed by atoms with Crippen molar-refractivity contribution < 1.29 is 13.9 Å². The van der Waals surface area contributed by atoms with Crippen LogP contribution in [-0.4, -0.2) is 25.6 Å². The molecule has 1 amide bonds. The van der Waals surface area contributed by atoms with Crippen LogP contribution >= 0.6 is 0 Å². The van der Waals surface area contributed by atoms with Crippen LogP contribution in [0.1, 0.15) is 16.7 Å². The van der Waals surface area contributed by atoms with Gasteiger partial charge in [-0.05, 0) is 42.7 Å². The Kier molecular flexibility index (Phi) is 4.55. The fraction of sp³-hybridized carbons (Fsp3) is 0.273. The molecular weight excluding hydrogens is 356 g/mol. The number of nitrogens with zero attached hydrogens (tertiary/aromatic N) is 1. The van der Waals surface area contributed by atoms with Gasteiger partial charge in [0.25, 0.3) is 5.91 Å². The van der Waals surface area contributed by atoms with Crippen LogP contribution in [0.2, 0.25) is 0 Å². The molecule has 0 bridgehead atoms. The minimum Gasteiger partial charge on any atom is -0.477 e. The topological polar surface area (TPSA) is 71.8 Å². The van der Waals surface area contributed by atoms with E-state index in [0.29, 0.717) is 24.4 Å². The summed E-state index contributed by atoms with van der Waals surface area (Å²) in [5.41, 5.74) is 4.04. The van der Waals surface area contributed by atoms with Crippen molar-refractivity contribution in [2.45, 2.75) is 26.5 Å². The van der Waals surface area contributed by atoms with Crippen molar-refractivity contribution >= 4 is 22.6 Å². The molecule has 6 heteroatoms. The number of likely N-dealkylation sites (N-methyl/N-ethyl adjacent to an activating group) is 1. The van der Waals surface area contributed by atoms with Crippen molar-refractivity contribution in [1.82, 2.24) is 5.32 Å². The summed E-state index contributed by atoms with van der Waals surface area (Å²) in [6, 6.07) is 13.2. The highest BCUT2D eigenvalue weighted by Gasteiger charge is 2.30. The highest BCUT2D eigenvalue weighted by Crippen LogP contribution is 2.35. The molecule has 3 aromatic rings. The summed E-state index contributed by atoms with van der Waals surface area (Å²) < 4.78 is 11.4. The largest absolute Gasteiger partial charge is 0.477 e. The Morgan fingerprint density at radius 1 is 1.21 bits per heavy atom. The van der Waals surface area contributed by atoms with Crippen molar-refractivity contribution in [3.05, 3.63) is 69.6 Å². The molecule has 2 heterocycles. The number of para-hydroxylation sites is 2. The third-order valence-corrected chi connectivity index (χ3v) is 5.28.